The van der Waals surface area contributed by atoms with Gasteiger partial charge in [-0.05, 0) is 28.1 Å². The number of hydrogen-bond donors (Lipinski definition) is 1. The zero-order valence-electron chi connectivity index (χ0n) is 11.1. The molecule has 2 aromatic carbocycles. The molecule has 2 rings (SSSR count). The van der Waals surface area contributed by atoms with Gasteiger partial charge in [-0.3, -0.25) is 4.79 Å². The Hall–Kier alpha value is -2.01. The number of rotatable bonds is 4. The molecule has 0 saturated carbocycles. The highest BCUT2D eigenvalue weighted by molar-refractivity contribution is 9.10. The molecule has 104 valence electrons. The number of nitrogens with one attached hydrogen (secondary N) is 1. The Balaban J connectivity index is 2.31. The summed E-state index contributed by atoms with van der Waals surface area (Å²) in [6.07, 6.45) is 0. The van der Waals surface area contributed by atoms with Crippen molar-refractivity contribution < 1.29 is 14.3 Å². The number of anilines is 1. The summed E-state index contributed by atoms with van der Waals surface area (Å²) in [5, 5.41) is 2.81. The molecular weight excluding hydrogens is 322 g/mol. The molecule has 0 saturated heterocycles. The van der Waals surface area contributed by atoms with E-state index in [1.165, 1.54) is 0 Å². The fourth-order valence-corrected chi connectivity index (χ4v) is 2.23. The molecule has 2 aromatic rings. The van der Waals surface area contributed by atoms with E-state index in [2.05, 4.69) is 21.2 Å². The Morgan fingerprint density at radius 2 is 1.70 bits per heavy atom. The molecule has 0 unspecified atom stereocenters. The van der Waals surface area contributed by atoms with Gasteiger partial charge in [-0.15, -0.1) is 0 Å². The van der Waals surface area contributed by atoms with Crippen LogP contribution in [0, 0.1) is 0 Å². The molecule has 1 N–H and O–H groups in total. The van der Waals surface area contributed by atoms with E-state index >= 15 is 0 Å². The predicted molar refractivity (Wildman–Crippen MR) is 81.6 cm³/mol. The quantitative estimate of drug-likeness (QED) is 0.926. The summed E-state index contributed by atoms with van der Waals surface area (Å²) in [4.78, 5) is 12.1. The van der Waals surface area contributed by atoms with Gasteiger partial charge in [-0.1, -0.05) is 18.2 Å². The monoisotopic (exact) mass is 335 g/mol. The first-order chi connectivity index (χ1) is 9.65. The molecule has 0 aromatic heterocycles. The van der Waals surface area contributed by atoms with Crippen LogP contribution in [0.15, 0.2) is 46.9 Å². The van der Waals surface area contributed by atoms with Gasteiger partial charge in [0.05, 0.1) is 24.4 Å². The van der Waals surface area contributed by atoms with Gasteiger partial charge in [-0.2, -0.15) is 0 Å². The molecule has 20 heavy (non-hydrogen) atoms. The van der Waals surface area contributed by atoms with Crippen LogP contribution >= 0.6 is 15.9 Å². The first-order valence-electron chi connectivity index (χ1n) is 5.93. The minimum atomic E-state index is -0.201. The first-order valence-corrected chi connectivity index (χ1v) is 6.73. The second-order valence-corrected chi connectivity index (χ2v) is 4.86. The molecular formula is C15H14BrNO3. The van der Waals surface area contributed by atoms with Crippen molar-refractivity contribution in [3.05, 3.63) is 52.5 Å². The van der Waals surface area contributed by atoms with E-state index in [4.69, 9.17) is 9.47 Å². The van der Waals surface area contributed by atoms with E-state index in [1.807, 2.05) is 18.2 Å². The van der Waals surface area contributed by atoms with E-state index in [1.54, 1.807) is 38.5 Å². The maximum atomic E-state index is 12.1. The number of amides is 1. The van der Waals surface area contributed by atoms with Crippen molar-refractivity contribution in [2.24, 2.45) is 0 Å². The van der Waals surface area contributed by atoms with Gasteiger partial charge < -0.3 is 14.8 Å². The van der Waals surface area contributed by atoms with E-state index in [-0.39, 0.29) is 5.91 Å². The molecule has 1 amide bonds. The Morgan fingerprint density at radius 3 is 2.30 bits per heavy atom. The predicted octanol–water partition coefficient (Wildman–Crippen LogP) is 3.72. The number of carbonyl (C=O) groups is 1. The number of ether oxygens (including phenoxy) is 2. The van der Waals surface area contributed by atoms with Crippen molar-refractivity contribution in [2.75, 3.05) is 19.5 Å². The lowest BCUT2D eigenvalue weighted by molar-refractivity contribution is 0.102. The van der Waals surface area contributed by atoms with Crippen LogP contribution in [0.4, 0.5) is 5.69 Å². The van der Waals surface area contributed by atoms with Gasteiger partial charge in [0.25, 0.3) is 5.91 Å². The van der Waals surface area contributed by atoms with Crippen molar-refractivity contribution in [3.63, 3.8) is 0 Å². The fraction of sp³-hybridized carbons (Fsp3) is 0.133. The smallest absolute Gasteiger partial charge is 0.255 e. The van der Waals surface area contributed by atoms with Gasteiger partial charge in [0, 0.05) is 17.7 Å². The van der Waals surface area contributed by atoms with Crippen LogP contribution in [0.5, 0.6) is 11.5 Å². The zero-order valence-corrected chi connectivity index (χ0v) is 12.7. The molecule has 0 atom stereocenters. The maximum Gasteiger partial charge on any atom is 0.255 e. The third-order valence-electron chi connectivity index (χ3n) is 2.76. The normalized spacial score (nSPS) is 9.95. The Labute approximate surface area is 125 Å². The van der Waals surface area contributed by atoms with Crippen molar-refractivity contribution in [2.45, 2.75) is 0 Å². The third kappa shape index (κ3) is 3.11. The van der Waals surface area contributed by atoms with Gasteiger partial charge in [-0.25, -0.2) is 0 Å². The van der Waals surface area contributed by atoms with Gasteiger partial charge in [0.15, 0.2) is 0 Å². The van der Waals surface area contributed by atoms with Crippen LogP contribution < -0.4 is 14.8 Å². The number of hydrogen-bond acceptors (Lipinski definition) is 3. The first kappa shape index (κ1) is 14.4. The van der Waals surface area contributed by atoms with E-state index in [9.17, 15) is 4.79 Å². The molecule has 0 aliphatic heterocycles. The van der Waals surface area contributed by atoms with Crippen LogP contribution in [-0.2, 0) is 0 Å². The Bertz CT molecular complexity index is 614. The van der Waals surface area contributed by atoms with E-state index in [0.717, 1.165) is 4.47 Å². The molecule has 5 heteroatoms. The highest BCUT2D eigenvalue weighted by atomic mass is 79.9. The van der Waals surface area contributed by atoms with Gasteiger partial charge in [0.2, 0.25) is 0 Å². The number of methoxy groups -OCH3 is 2. The zero-order chi connectivity index (χ0) is 14.5. The second kappa shape index (κ2) is 6.43. The van der Waals surface area contributed by atoms with Crippen LogP contribution in [0.3, 0.4) is 0 Å². The summed E-state index contributed by atoms with van der Waals surface area (Å²) in [6, 6.07) is 12.4. The van der Waals surface area contributed by atoms with Crippen LogP contribution in [0.1, 0.15) is 10.4 Å². The minimum absolute atomic E-state index is 0.201. The standard InChI is InChI=1S/C15H14BrNO3/c1-19-13-9-12(14(20-2)8-11(13)16)17-15(18)10-6-4-3-5-7-10/h3-9H,1-2H3,(H,17,18). The summed E-state index contributed by atoms with van der Waals surface area (Å²) in [7, 11) is 3.11. The average molecular weight is 336 g/mol. The molecule has 0 bridgehead atoms. The molecule has 0 radical (unpaired) electrons. The van der Waals surface area contributed by atoms with E-state index < -0.39 is 0 Å². The SMILES string of the molecule is COc1cc(NC(=O)c2ccccc2)c(OC)cc1Br. The summed E-state index contributed by atoms with van der Waals surface area (Å²) >= 11 is 3.38. The summed E-state index contributed by atoms with van der Waals surface area (Å²) in [5.74, 6) is 0.976. The van der Waals surface area contributed by atoms with Crippen molar-refractivity contribution >= 4 is 27.5 Å². The molecule has 0 aliphatic carbocycles. The van der Waals surface area contributed by atoms with Crippen molar-refractivity contribution in [1.29, 1.82) is 0 Å². The summed E-state index contributed by atoms with van der Waals surface area (Å²) < 4.78 is 11.2. The molecule has 4 nitrogen and oxygen atoms in total. The topological polar surface area (TPSA) is 47.6 Å². The molecule has 0 spiro atoms. The number of halogens is 1. The number of benzene rings is 2. The van der Waals surface area contributed by atoms with Gasteiger partial charge in [0.1, 0.15) is 11.5 Å². The fourth-order valence-electron chi connectivity index (χ4n) is 1.74. The van der Waals surface area contributed by atoms with Crippen LogP contribution in [0.2, 0.25) is 0 Å². The van der Waals surface area contributed by atoms with Crippen molar-refractivity contribution in [3.8, 4) is 11.5 Å². The summed E-state index contributed by atoms with van der Waals surface area (Å²) in [5.41, 5.74) is 1.14. The maximum absolute atomic E-state index is 12.1. The number of carbonyl (C=O) groups excluding carboxylic acids is 1. The van der Waals surface area contributed by atoms with Crippen molar-refractivity contribution in [1.82, 2.24) is 0 Å². The third-order valence-corrected chi connectivity index (χ3v) is 3.38. The lowest BCUT2D eigenvalue weighted by Gasteiger charge is -2.13. The molecule has 0 aliphatic rings. The van der Waals surface area contributed by atoms with Crippen LogP contribution in [-0.4, -0.2) is 20.1 Å². The lowest BCUT2D eigenvalue weighted by atomic mass is 10.2. The lowest BCUT2D eigenvalue weighted by Crippen LogP contribution is -2.12. The average Bonchev–Trinajstić information content (AvgIpc) is 2.49. The summed E-state index contributed by atoms with van der Waals surface area (Å²) in [6.45, 7) is 0. The second-order valence-electron chi connectivity index (χ2n) is 4.01. The molecule has 0 heterocycles. The Kier molecular flexibility index (Phi) is 4.63. The highest BCUT2D eigenvalue weighted by Crippen LogP contribution is 2.36. The molecule has 0 fully saturated rings. The van der Waals surface area contributed by atoms with Gasteiger partial charge >= 0.3 is 0 Å². The van der Waals surface area contributed by atoms with Crippen LogP contribution in [0.25, 0.3) is 0 Å². The van der Waals surface area contributed by atoms with E-state index in [0.29, 0.717) is 22.7 Å². The Morgan fingerprint density at radius 1 is 1.05 bits per heavy atom. The minimum Gasteiger partial charge on any atom is -0.495 e. The highest BCUT2D eigenvalue weighted by Gasteiger charge is 2.13. The largest absolute Gasteiger partial charge is 0.495 e.